The molecule has 1 aromatic rings. The third-order valence-electron chi connectivity index (χ3n) is 4.65. The van der Waals surface area contributed by atoms with E-state index in [1.807, 2.05) is 28.2 Å². The van der Waals surface area contributed by atoms with E-state index in [4.69, 9.17) is 4.74 Å². The lowest BCUT2D eigenvalue weighted by Gasteiger charge is -2.47. The van der Waals surface area contributed by atoms with Gasteiger partial charge in [0.2, 0.25) is 5.91 Å². The summed E-state index contributed by atoms with van der Waals surface area (Å²) in [6.07, 6.45) is 3.63. The van der Waals surface area contributed by atoms with Crippen LogP contribution in [0, 0.1) is 0 Å². The number of morpholine rings is 1. The highest BCUT2D eigenvalue weighted by Crippen LogP contribution is 2.32. The van der Waals surface area contributed by atoms with Crippen LogP contribution in [-0.4, -0.2) is 66.3 Å². The minimum absolute atomic E-state index is 0.104. The van der Waals surface area contributed by atoms with Gasteiger partial charge in [-0.05, 0) is 31.2 Å². The Bertz CT molecular complexity index is 594. The molecular formula is C16H22N2O3S2. The number of carbonyl (C=O) groups is 2. The minimum Gasteiger partial charge on any atom is -0.371 e. The number of amides is 2. The Labute approximate surface area is 145 Å². The van der Waals surface area contributed by atoms with Gasteiger partial charge in [0.25, 0.3) is 5.91 Å². The first kappa shape index (κ1) is 16.8. The largest absolute Gasteiger partial charge is 0.371 e. The van der Waals surface area contributed by atoms with Crippen LogP contribution >= 0.6 is 23.1 Å². The van der Waals surface area contributed by atoms with E-state index < -0.39 is 0 Å². The lowest BCUT2D eigenvalue weighted by atomic mass is 9.89. The second kappa shape index (κ2) is 6.83. The number of carbonyl (C=O) groups excluding carboxylic acids is 2. The zero-order valence-electron chi connectivity index (χ0n) is 13.5. The Morgan fingerprint density at radius 3 is 2.57 bits per heavy atom. The molecule has 1 aromatic heterocycles. The van der Waals surface area contributed by atoms with Crippen LogP contribution in [0.2, 0.25) is 0 Å². The molecule has 0 aromatic carbocycles. The summed E-state index contributed by atoms with van der Waals surface area (Å²) in [5.74, 6) is 0.221. The smallest absolute Gasteiger partial charge is 0.264 e. The third kappa shape index (κ3) is 3.56. The topological polar surface area (TPSA) is 49.9 Å². The predicted octanol–water partition coefficient (Wildman–Crippen LogP) is 2.32. The normalized spacial score (nSPS) is 20.8. The number of hydrogen-bond donors (Lipinski definition) is 0. The molecule has 3 heterocycles. The van der Waals surface area contributed by atoms with Crippen LogP contribution in [0.5, 0.6) is 0 Å². The van der Waals surface area contributed by atoms with Crippen LogP contribution in [-0.2, 0) is 9.53 Å². The first-order valence-corrected chi connectivity index (χ1v) is 9.90. The highest BCUT2D eigenvalue weighted by Gasteiger charge is 2.41. The molecule has 0 bridgehead atoms. The van der Waals surface area contributed by atoms with Gasteiger partial charge >= 0.3 is 0 Å². The molecule has 2 aliphatic heterocycles. The van der Waals surface area contributed by atoms with Crippen LogP contribution < -0.4 is 0 Å². The number of rotatable bonds is 2. The Morgan fingerprint density at radius 1 is 1.22 bits per heavy atom. The molecule has 1 spiro atoms. The number of thioether (sulfide) groups is 1. The van der Waals surface area contributed by atoms with Crippen molar-refractivity contribution in [2.75, 3.05) is 39.0 Å². The lowest BCUT2D eigenvalue weighted by Crippen LogP contribution is -2.58. The van der Waals surface area contributed by atoms with E-state index >= 15 is 0 Å². The molecule has 5 nitrogen and oxygen atoms in total. The van der Waals surface area contributed by atoms with E-state index in [9.17, 15) is 9.59 Å². The van der Waals surface area contributed by atoms with Gasteiger partial charge in [0, 0.05) is 26.6 Å². The summed E-state index contributed by atoms with van der Waals surface area (Å²) in [6, 6.07) is 3.92. The average Bonchev–Trinajstić information content (AvgIpc) is 3.04. The van der Waals surface area contributed by atoms with Gasteiger partial charge in [-0.25, -0.2) is 0 Å². The van der Waals surface area contributed by atoms with Gasteiger partial charge in [-0.3, -0.25) is 9.59 Å². The average molecular weight is 354 g/mol. The first-order chi connectivity index (χ1) is 11.0. The van der Waals surface area contributed by atoms with Crippen molar-refractivity contribution in [1.29, 1.82) is 0 Å². The van der Waals surface area contributed by atoms with E-state index in [0.717, 1.165) is 21.9 Å². The number of nitrogens with zero attached hydrogens (tertiary/aromatic N) is 2. The Kier molecular flexibility index (Phi) is 4.98. The fraction of sp³-hybridized carbons (Fsp3) is 0.625. The molecule has 7 heteroatoms. The van der Waals surface area contributed by atoms with Gasteiger partial charge in [-0.2, -0.15) is 0 Å². The van der Waals surface area contributed by atoms with Crippen LogP contribution in [0.1, 0.15) is 29.4 Å². The van der Waals surface area contributed by atoms with Crippen LogP contribution in [0.25, 0.3) is 0 Å². The van der Waals surface area contributed by atoms with Crippen molar-refractivity contribution in [3.05, 3.63) is 17.0 Å². The SMILES string of the molecule is CSc1ccc(C(=O)N2CCOC3(CCN(C(C)=O)CC3)C2)s1. The van der Waals surface area contributed by atoms with Gasteiger partial charge in [0.15, 0.2) is 0 Å². The third-order valence-corrected chi connectivity index (χ3v) is 6.81. The fourth-order valence-corrected chi connectivity index (χ4v) is 4.76. The maximum absolute atomic E-state index is 12.7. The van der Waals surface area contributed by atoms with E-state index in [2.05, 4.69) is 0 Å². The molecule has 126 valence electrons. The van der Waals surface area contributed by atoms with Crippen molar-refractivity contribution < 1.29 is 14.3 Å². The number of likely N-dealkylation sites (tertiary alicyclic amines) is 1. The molecule has 0 aliphatic carbocycles. The van der Waals surface area contributed by atoms with Gasteiger partial charge < -0.3 is 14.5 Å². The molecule has 2 amide bonds. The molecule has 3 rings (SSSR count). The van der Waals surface area contributed by atoms with Crippen LogP contribution in [0.15, 0.2) is 16.3 Å². The fourth-order valence-electron chi connectivity index (χ4n) is 3.25. The summed E-state index contributed by atoms with van der Waals surface area (Å²) in [5.41, 5.74) is -0.278. The summed E-state index contributed by atoms with van der Waals surface area (Å²) < 4.78 is 7.20. The zero-order chi connectivity index (χ0) is 16.4. The highest BCUT2D eigenvalue weighted by atomic mass is 32.2. The standard InChI is InChI=1S/C16H22N2O3S2/c1-12(19)17-7-5-16(6-8-17)11-18(9-10-21-16)15(20)13-3-4-14(22-2)23-13/h3-4H,5-11H2,1-2H3. The van der Waals surface area contributed by atoms with E-state index in [1.54, 1.807) is 30.0 Å². The maximum atomic E-state index is 12.7. The van der Waals surface area contributed by atoms with Crippen LogP contribution in [0.4, 0.5) is 0 Å². The summed E-state index contributed by atoms with van der Waals surface area (Å²) >= 11 is 3.22. The van der Waals surface area contributed by atoms with Gasteiger partial charge in [-0.1, -0.05) is 0 Å². The molecule has 23 heavy (non-hydrogen) atoms. The molecule has 0 saturated carbocycles. The molecule has 0 N–H and O–H groups in total. The second-order valence-corrected chi connectivity index (χ2v) is 8.28. The zero-order valence-corrected chi connectivity index (χ0v) is 15.2. The summed E-state index contributed by atoms with van der Waals surface area (Å²) in [7, 11) is 0. The predicted molar refractivity (Wildman–Crippen MR) is 92.2 cm³/mol. The number of ether oxygens (including phenoxy) is 1. The minimum atomic E-state index is -0.278. The van der Waals surface area contributed by atoms with Crippen LogP contribution in [0.3, 0.4) is 0 Å². The molecule has 2 saturated heterocycles. The maximum Gasteiger partial charge on any atom is 0.264 e. The lowest BCUT2D eigenvalue weighted by molar-refractivity contribution is -0.145. The monoisotopic (exact) mass is 354 g/mol. The number of thiophene rings is 1. The quantitative estimate of drug-likeness (QED) is 0.765. The van der Waals surface area contributed by atoms with Gasteiger partial charge in [0.1, 0.15) is 0 Å². The highest BCUT2D eigenvalue weighted by molar-refractivity contribution is 8.00. The summed E-state index contributed by atoms with van der Waals surface area (Å²) in [5, 5.41) is 0. The molecule has 2 fully saturated rings. The van der Waals surface area contributed by atoms with Crippen molar-refractivity contribution in [3.8, 4) is 0 Å². The van der Waals surface area contributed by atoms with E-state index in [1.165, 1.54) is 0 Å². The Morgan fingerprint density at radius 2 is 1.96 bits per heavy atom. The van der Waals surface area contributed by atoms with Crippen molar-refractivity contribution in [2.45, 2.75) is 29.6 Å². The number of piperidine rings is 1. The number of hydrogen-bond acceptors (Lipinski definition) is 5. The van der Waals surface area contributed by atoms with E-state index in [-0.39, 0.29) is 17.4 Å². The molecule has 0 radical (unpaired) electrons. The summed E-state index contributed by atoms with van der Waals surface area (Å²) in [6.45, 7) is 4.88. The summed E-state index contributed by atoms with van der Waals surface area (Å²) in [4.78, 5) is 28.8. The van der Waals surface area contributed by atoms with Gasteiger partial charge in [-0.15, -0.1) is 23.1 Å². The van der Waals surface area contributed by atoms with Gasteiger partial charge in [0.05, 0.1) is 27.8 Å². The van der Waals surface area contributed by atoms with Crippen molar-refractivity contribution in [2.24, 2.45) is 0 Å². The molecule has 0 atom stereocenters. The molecule has 0 unspecified atom stereocenters. The van der Waals surface area contributed by atoms with Crippen molar-refractivity contribution in [1.82, 2.24) is 9.80 Å². The second-order valence-electron chi connectivity index (χ2n) is 6.09. The Hall–Kier alpha value is -1.05. The Balaban J connectivity index is 1.66. The first-order valence-electron chi connectivity index (χ1n) is 7.86. The van der Waals surface area contributed by atoms with Crippen molar-refractivity contribution in [3.63, 3.8) is 0 Å². The van der Waals surface area contributed by atoms with Crippen molar-refractivity contribution >= 4 is 34.9 Å². The molecular weight excluding hydrogens is 332 g/mol. The van der Waals surface area contributed by atoms with E-state index in [0.29, 0.717) is 32.8 Å². The molecule has 2 aliphatic rings.